The quantitative estimate of drug-likeness (QED) is 0.846. The molecule has 0 amide bonds. The van der Waals surface area contributed by atoms with Crippen LogP contribution in [0.1, 0.15) is 46.6 Å². The van der Waals surface area contributed by atoms with Crippen LogP contribution in [-0.2, 0) is 15.9 Å². The second-order valence-corrected chi connectivity index (χ2v) is 6.46. The van der Waals surface area contributed by atoms with Gasteiger partial charge in [0.2, 0.25) is 0 Å². The first-order valence-corrected chi connectivity index (χ1v) is 7.53. The molecular weight excluding hydrogens is 267 g/mol. The summed E-state index contributed by atoms with van der Waals surface area (Å²) in [5, 5.41) is 9.40. The van der Waals surface area contributed by atoms with Crippen molar-refractivity contribution in [2.24, 2.45) is 0 Å². The van der Waals surface area contributed by atoms with E-state index in [-0.39, 0.29) is 17.8 Å². The van der Waals surface area contributed by atoms with Crippen molar-refractivity contribution in [2.75, 3.05) is 6.61 Å². The van der Waals surface area contributed by atoms with E-state index in [0.717, 1.165) is 17.4 Å². The maximum absolute atomic E-state index is 9.40. The number of ether oxygens (including phenoxy) is 1. The summed E-state index contributed by atoms with van der Waals surface area (Å²) in [5.74, 6) is 0.701. The van der Waals surface area contributed by atoms with Gasteiger partial charge in [-0.25, -0.2) is 0 Å². The highest BCUT2D eigenvalue weighted by Gasteiger charge is 2.51. The molecule has 0 unspecified atom stereocenters. The summed E-state index contributed by atoms with van der Waals surface area (Å²) < 4.78 is 17.8. The molecule has 1 aromatic carbocycles. The van der Waals surface area contributed by atoms with Gasteiger partial charge < -0.3 is 19.2 Å². The lowest BCUT2D eigenvalue weighted by atomic mass is 9.78. The zero-order chi connectivity index (χ0) is 15.7. The Bertz CT molecular complexity index is 483. The molecule has 116 valence electrons. The molecule has 1 N–H and O–H groups in total. The number of hydrogen-bond acceptors (Lipinski definition) is 4. The van der Waals surface area contributed by atoms with Crippen LogP contribution in [0.4, 0.5) is 0 Å². The lowest BCUT2D eigenvalue weighted by Gasteiger charge is -2.32. The Morgan fingerprint density at radius 3 is 2.29 bits per heavy atom. The molecular formula is C16H25BO4. The fraction of sp³-hybridized carbons (Fsp3) is 0.625. The van der Waals surface area contributed by atoms with Crippen molar-refractivity contribution in [3.05, 3.63) is 23.8 Å². The molecule has 0 aliphatic carbocycles. The van der Waals surface area contributed by atoms with Gasteiger partial charge in [-0.1, -0.05) is 19.1 Å². The molecule has 0 saturated carbocycles. The predicted molar refractivity (Wildman–Crippen MR) is 83.9 cm³/mol. The topological polar surface area (TPSA) is 47.9 Å². The Hall–Kier alpha value is -1.04. The van der Waals surface area contributed by atoms with Crippen molar-refractivity contribution < 1.29 is 19.2 Å². The third-order valence-electron chi connectivity index (χ3n) is 4.25. The SMILES string of the molecule is CCCOc1cc(B2OC(C)(C)C(C)(C)O2)ccc1CO. The van der Waals surface area contributed by atoms with E-state index in [0.29, 0.717) is 12.4 Å². The highest BCUT2D eigenvalue weighted by molar-refractivity contribution is 6.62. The molecule has 5 heteroatoms. The molecule has 1 aromatic rings. The molecule has 1 aliphatic rings. The second-order valence-electron chi connectivity index (χ2n) is 6.46. The first kappa shape index (κ1) is 16.3. The van der Waals surface area contributed by atoms with Crippen molar-refractivity contribution in [3.8, 4) is 5.75 Å². The van der Waals surface area contributed by atoms with E-state index in [4.69, 9.17) is 14.0 Å². The van der Waals surface area contributed by atoms with Crippen molar-refractivity contribution >= 4 is 12.6 Å². The monoisotopic (exact) mass is 292 g/mol. The zero-order valence-electron chi connectivity index (χ0n) is 13.6. The van der Waals surface area contributed by atoms with Crippen LogP contribution in [0.25, 0.3) is 0 Å². The molecule has 1 saturated heterocycles. The largest absolute Gasteiger partial charge is 0.494 e. The van der Waals surface area contributed by atoms with Gasteiger partial charge in [-0.05, 0) is 45.6 Å². The van der Waals surface area contributed by atoms with Crippen LogP contribution in [0.15, 0.2) is 18.2 Å². The van der Waals surface area contributed by atoms with Crippen molar-refractivity contribution in [2.45, 2.75) is 58.8 Å². The van der Waals surface area contributed by atoms with Gasteiger partial charge >= 0.3 is 7.12 Å². The van der Waals surface area contributed by atoms with Gasteiger partial charge in [0.25, 0.3) is 0 Å². The highest BCUT2D eigenvalue weighted by Crippen LogP contribution is 2.36. The van der Waals surface area contributed by atoms with E-state index >= 15 is 0 Å². The molecule has 1 heterocycles. The third kappa shape index (κ3) is 3.25. The number of aliphatic hydroxyl groups is 1. The zero-order valence-corrected chi connectivity index (χ0v) is 13.6. The highest BCUT2D eigenvalue weighted by atomic mass is 16.7. The molecule has 0 aromatic heterocycles. The van der Waals surface area contributed by atoms with Crippen molar-refractivity contribution in [1.29, 1.82) is 0 Å². The van der Waals surface area contributed by atoms with Gasteiger partial charge in [-0.3, -0.25) is 0 Å². The Labute approximate surface area is 127 Å². The summed E-state index contributed by atoms with van der Waals surface area (Å²) in [4.78, 5) is 0. The average molecular weight is 292 g/mol. The van der Waals surface area contributed by atoms with Crippen LogP contribution in [0.5, 0.6) is 5.75 Å². The number of aliphatic hydroxyl groups excluding tert-OH is 1. The Morgan fingerprint density at radius 2 is 1.76 bits per heavy atom. The molecule has 21 heavy (non-hydrogen) atoms. The van der Waals surface area contributed by atoms with E-state index in [1.165, 1.54) is 0 Å². The molecule has 4 nitrogen and oxygen atoms in total. The van der Waals surface area contributed by atoms with Crippen LogP contribution < -0.4 is 10.2 Å². The lowest BCUT2D eigenvalue weighted by molar-refractivity contribution is 0.00578. The molecule has 0 bridgehead atoms. The van der Waals surface area contributed by atoms with Gasteiger partial charge in [-0.2, -0.15) is 0 Å². The molecule has 0 spiro atoms. The maximum Gasteiger partial charge on any atom is 0.494 e. The van der Waals surface area contributed by atoms with Gasteiger partial charge in [0.05, 0.1) is 24.4 Å². The summed E-state index contributed by atoms with van der Waals surface area (Å²) in [7, 11) is -0.410. The summed E-state index contributed by atoms with van der Waals surface area (Å²) in [5.41, 5.74) is 0.968. The third-order valence-corrected chi connectivity index (χ3v) is 4.25. The predicted octanol–water partition coefficient (Wildman–Crippen LogP) is 2.27. The van der Waals surface area contributed by atoms with E-state index in [1.54, 1.807) is 0 Å². The Morgan fingerprint density at radius 1 is 1.14 bits per heavy atom. The van der Waals surface area contributed by atoms with Gasteiger partial charge in [0.15, 0.2) is 0 Å². The van der Waals surface area contributed by atoms with Crippen LogP contribution in [0, 0.1) is 0 Å². The fourth-order valence-corrected chi connectivity index (χ4v) is 2.17. The number of rotatable bonds is 5. The van der Waals surface area contributed by atoms with Gasteiger partial charge in [-0.15, -0.1) is 0 Å². The molecule has 0 atom stereocenters. The summed E-state index contributed by atoms with van der Waals surface area (Å²) in [6, 6.07) is 5.70. The van der Waals surface area contributed by atoms with Gasteiger partial charge in [0.1, 0.15) is 5.75 Å². The minimum Gasteiger partial charge on any atom is -0.493 e. The number of hydrogen-bond donors (Lipinski definition) is 1. The minimum atomic E-state index is -0.410. The smallest absolute Gasteiger partial charge is 0.493 e. The molecule has 0 radical (unpaired) electrons. The minimum absolute atomic E-state index is 0.0390. The van der Waals surface area contributed by atoms with Crippen molar-refractivity contribution in [1.82, 2.24) is 0 Å². The molecule has 1 aliphatic heterocycles. The first-order valence-electron chi connectivity index (χ1n) is 7.53. The van der Waals surface area contributed by atoms with E-state index in [2.05, 4.69) is 6.92 Å². The average Bonchev–Trinajstić information content (AvgIpc) is 2.65. The normalized spacial score (nSPS) is 19.8. The number of benzene rings is 1. The van der Waals surface area contributed by atoms with Crippen molar-refractivity contribution in [3.63, 3.8) is 0 Å². The van der Waals surface area contributed by atoms with E-state index in [9.17, 15) is 5.11 Å². The maximum atomic E-state index is 9.40. The van der Waals surface area contributed by atoms with Crippen LogP contribution in [0.3, 0.4) is 0 Å². The standard InChI is InChI=1S/C16H25BO4/c1-6-9-19-14-10-13(8-7-12(14)11-18)17-20-15(2,3)16(4,5)21-17/h7-8,10,18H,6,9,11H2,1-5H3. The molecule has 2 rings (SSSR count). The van der Waals surface area contributed by atoms with E-state index < -0.39 is 7.12 Å². The van der Waals surface area contributed by atoms with Crippen LogP contribution in [-0.4, -0.2) is 30.0 Å². The first-order chi connectivity index (χ1) is 9.80. The van der Waals surface area contributed by atoms with Gasteiger partial charge in [0, 0.05) is 5.56 Å². The lowest BCUT2D eigenvalue weighted by Crippen LogP contribution is -2.41. The van der Waals surface area contributed by atoms with Crippen LogP contribution in [0.2, 0.25) is 0 Å². The molecule has 1 fully saturated rings. The summed E-state index contributed by atoms with van der Waals surface area (Å²) in [6.45, 7) is 10.8. The second kappa shape index (κ2) is 5.99. The van der Waals surface area contributed by atoms with E-state index in [1.807, 2.05) is 45.9 Å². The van der Waals surface area contributed by atoms with Crippen LogP contribution >= 0.6 is 0 Å². The fourth-order valence-electron chi connectivity index (χ4n) is 2.17. The summed E-state index contributed by atoms with van der Waals surface area (Å²) in [6.07, 6.45) is 0.922. The Balaban J connectivity index is 2.25. The Kier molecular flexibility index (Phi) is 4.66. The summed E-state index contributed by atoms with van der Waals surface area (Å²) >= 11 is 0.